The molecule has 1 aliphatic rings. The Bertz CT molecular complexity index is 634. The molecule has 1 aliphatic heterocycles. The maximum Gasteiger partial charge on any atom is 0.248 e. The lowest BCUT2D eigenvalue weighted by molar-refractivity contribution is -0.132. The van der Waals surface area contributed by atoms with Crippen molar-refractivity contribution in [1.29, 1.82) is 0 Å². The molecule has 5 nitrogen and oxygen atoms in total. The minimum atomic E-state index is -0.607. The van der Waals surface area contributed by atoms with Gasteiger partial charge in [-0.05, 0) is 51.1 Å². The maximum absolute atomic E-state index is 13.0. The molecule has 3 rings (SSSR count). The fourth-order valence-electron chi connectivity index (χ4n) is 2.89. The number of hydrogen-bond acceptors (Lipinski definition) is 4. The molecule has 0 saturated carbocycles. The minimum absolute atomic E-state index is 0.0229. The number of halogens is 1. The van der Waals surface area contributed by atoms with E-state index in [0.29, 0.717) is 0 Å². The molecule has 0 radical (unpaired) electrons. The second kappa shape index (κ2) is 6.40. The molecule has 118 valence electrons. The van der Waals surface area contributed by atoms with E-state index >= 15 is 0 Å². The molecule has 2 aromatic rings. The summed E-state index contributed by atoms with van der Waals surface area (Å²) in [7, 11) is 0. The molecule has 1 unspecified atom stereocenters. The summed E-state index contributed by atoms with van der Waals surface area (Å²) in [5.74, 6) is 0.0229. The molecule has 22 heavy (non-hydrogen) atoms. The molecular formula is C15H19ClN4OS. The van der Waals surface area contributed by atoms with Gasteiger partial charge in [-0.25, -0.2) is 0 Å². The Morgan fingerprint density at radius 3 is 2.86 bits per heavy atom. The zero-order valence-corrected chi connectivity index (χ0v) is 14.0. The van der Waals surface area contributed by atoms with E-state index in [0.717, 1.165) is 35.1 Å². The van der Waals surface area contributed by atoms with Crippen LogP contribution in [0.5, 0.6) is 0 Å². The molecule has 7 heteroatoms. The van der Waals surface area contributed by atoms with E-state index in [1.54, 1.807) is 10.9 Å². The highest BCUT2D eigenvalue weighted by atomic mass is 35.5. The Morgan fingerprint density at radius 2 is 2.27 bits per heavy atom. The third-order valence-electron chi connectivity index (χ3n) is 4.16. The largest absolute Gasteiger partial charge is 0.347 e. The van der Waals surface area contributed by atoms with E-state index in [1.807, 2.05) is 31.3 Å². The van der Waals surface area contributed by atoms with Crippen molar-refractivity contribution >= 4 is 28.8 Å². The molecule has 2 N–H and O–H groups in total. The fraction of sp³-hybridized carbons (Fsp3) is 0.467. The van der Waals surface area contributed by atoms with Crippen LogP contribution in [0.3, 0.4) is 0 Å². The number of aromatic nitrogens is 2. The number of piperidine rings is 1. The minimum Gasteiger partial charge on any atom is -0.347 e. The number of nitrogens with one attached hydrogen (secondary N) is 2. The summed E-state index contributed by atoms with van der Waals surface area (Å²) in [5.41, 5.74) is -0.607. The standard InChI is InChI=1S/C15H19ClN4OS/c1-11(12-3-4-13(16)22-12)19-14(21)15(5-8-17-9-6-15)20-10-2-7-18-20/h2-4,7,10-11,17H,5-6,8-9H2,1H3,(H,19,21). The number of carbonyl (C=O) groups excluding carboxylic acids is 1. The molecule has 3 heterocycles. The van der Waals surface area contributed by atoms with Crippen LogP contribution in [0.2, 0.25) is 4.34 Å². The molecule has 0 bridgehead atoms. The number of hydrogen-bond donors (Lipinski definition) is 2. The molecule has 0 spiro atoms. The van der Waals surface area contributed by atoms with Crippen LogP contribution in [0.1, 0.15) is 30.7 Å². The second-order valence-electron chi connectivity index (χ2n) is 5.57. The summed E-state index contributed by atoms with van der Waals surface area (Å²) in [6, 6.07) is 5.62. The summed E-state index contributed by atoms with van der Waals surface area (Å²) in [5, 5.41) is 10.8. The summed E-state index contributed by atoms with van der Waals surface area (Å²) >= 11 is 7.48. The van der Waals surface area contributed by atoms with Crippen LogP contribution in [0.4, 0.5) is 0 Å². The quantitative estimate of drug-likeness (QED) is 0.900. The molecule has 1 atom stereocenters. The van der Waals surface area contributed by atoms with E-state index in [9.17, 15) is 4.79 Å². The highest BCUT2D eigenvalue weighted by molar-refractivity contribution is 7.16. The third-order valence-corrected chi connectivity index (χ3v) is 5.58. The molecule has 1 amide bonds. The maximum atomic E-state index is 13.0. The Hall–Kier alpha value is -1.37. The van der Waals surface area contributed by atoms with Crippen LogP contribution in [0, 0.1) is 0 Å². The van der Waals surface area contributed by atoms with Crippen molar-refractivity contribution in [3.63, 3.8) is 0 Å². The summed E-state index contributed by atoms with van der Waals surface area (Å²) < 4.78 is 2.54. The van der Waals surface area contributed by atoms with Crippen molar-refractivity contribution < 1.29 is 4.79 Å². The van der Waals surface area contributed by atoms with Gasteiger partial charge in [-0.1, -0.05) is 11.6 Å². The Balaban J connectivity index is 1.81. The zero-order valence-electron chi connectivity index (χ0n) is 12.4. The number of thiophene rings is 1. The highest BCUT2D eigenvalue weighted by Crippen LogP contribution is 2.30. The monoisotopic (exact) mass is 338 g/mol. The molecular weight excluding hydrogens is 320 g/mol. The average Bonchev–Trinajstić information content (AvgIpc) is 3.19. The lowest BCUT2D eigenvalue weighted by Crippen LogP contribution is -2.54. The van der Waals surface area contributed by atoms with Gasteiger partial charge < -0.3 is 10.6 Å². The SMILES string of the molecule is CC(NC(=O)C1(n2cccn2)CCNCC1)c1ccc(Cl)s1. The van der Waals surface area contributed by atoms with Gasteiger partial charge in [0.2, 0.25) is 5.91 Å². The first-order valence-corrected chi connectivity index (χ1v) is 8.58. The lowest BCUT2D eigenvalue weighted by atomic mass is 9.87. The summed E-state index contributed by atoms with van der Waals surface area (Å²) in [6.07, 6.45) is 5.06. The van der Waals surface area contributed by atoms with E-state index in [1.165, 1.54) is 11.3 Å². The predicted octanol–water partition coefficient (Wildman–Crippen LogP) is 2.55. The first-order chi connectivity index (χ1) is 10.6. The van der Waals surface area contributed by atoms with Gasteiger partial charge in [0.25, 0.3) is 0 Å². The fourth-order valence-corrected chi connectivity index (χ4v) is 3.95. The Labute approximate surface area is 138 Å². The third kappa shape index (κ3) is 2.91. The van der Waals surface area contributed by atoms with Crippen molar-refractivity contribution in [2.45, 2.75) is 31.3 Å². The van der Waals surface area contributed by atoms with Gasteiger partial charge in [0.1, 0.15) is 5.54 Å². The smallest absolute Gasteiger partial charge is 0.248 e. The summed E-state index contributed by atoms with van der Waals surface area (Å²) in [4.78, 5) is 14.0. The van der Waals surface area contributed by atoms with Crippen LogP contribution in [-0.4, -0.2) is 28.8 Å². The molecule has 0 aliphatic carbocycles. The van der Waals surface area contributed by atoms with Gasteiger partial charge >= 0.3 is 0 Å². The normalized spacial score (nSPS) is 18.8. The number of rotatable bonds is 4. The van der Waals surface area contributed by atoms with Gasteiger partial charge in [0.05, 0.1) is 10.4 Å². The molecule has 1 fully saturated rings. The van der Waals surface area contributed by atoms with Crippen molar-refractivity contribution in [1.82, 2.24) is 20.4 Å². The van der Waals surface area contributed by atoms with Gasteiger partial charge in [0.15, 0.2) is 0 Å². The van der Waals surface area contributed by atoms with Crippen molar-refractivity contribution in [3.8, 4) is 0 Å². The topological polar surface area (TPSA) is 59.0 Å². The van der Waals surface area contributed by atoms with Crippen molar-refractivity contribution in [2.24, 2.45) is 0 Å². The van der Waals surface area contributed by atoms with E-state index in [4.69, 9.17) is 11.6 Å². The van der Waals surface area contributed by atoms with E-state index in [2.05, 4.69) is 15.7 Å². The zero-order chi connectivity index (χ0) is 15.6. The van der Waals surface area contributed by atoms with Crippen LogP contribution >= 0.6 is 22.9 Å². The lowest BCUT2D eigenvalue weighted by Gasteiger charge is -2.37. The van der Waals surface area contributed by atoms with Gasteiger partial charge in [-0.2, -0.15) is 5.10 Å². The van der Waals surface area contributed by atoms with Crippen LogP contribution in [0.15, 0.2) is 30.6 Å². The second-order valence-corrected chi connectivity index (χ2v) is 7.32. The van der Waals surface area contributed by atoms with Gasteiger partial charge in [-0.3, -0.25) is 9.48 Å². The average molecular weight is 339 g/mol. The highest BCUT2D eigenvalue weighted by Gasteiger charge is 2.42. The first-order valence-electron chi connectivity index (χ1n) is 7.39. The molecule has 1 saturated heterocycles. The Morgan fingerprint density at radius 1 is 1.50 bits per heavy atom. The van der Waals surface area contributed by atoms with E-state index < -0.39 is 5.54 Å². The molecule has 0 aromatic carbocycles. The Kier molecular flexibility index (Phi) is 4.52. The summed E-state index contributed by atoms with van der Waals surface area (Å²) in [6.45, 7) is 3.61. The van der Waals surface area contributed by atoms with Crippen molar-refractivity contribution in [2.75, 3.05) is 13.1 Å². The number of nitrogens with zero attached hydrogens (tertiary/aromatic N) is 2. The number of carbonyl (C=O) groups is 1. The van der Waals surface area contributed by atoms with Gasteiger partial charge in [0, 0.05) is 17.3 Å². The van der Waals surface area contributed by atoms with Crippen LogP contribution in [-0.2, 0) is 10.3 Å². The van der Waals surface area contributed by atoms with Crippen LogP contribution in [0.25, 0.3) is 0 Å². The first kappa shape index (κ1) is 15.5. The van der Waals surface area contributed by atoms with Crippen LogP contribution < -0.4 is 10.6 Å². The van der Waals surface area contributed by atoms with Crippen molar-refractivity contribution in [3.05, 3.63) is 39.8 Å². The van der Waals surface area contributed by atoms with E-state index in [-0.39, 0.29) is 11.9 Å². The predicted molar refractivity (Wildman–Crippen MR) is 88.2 cm³/mol. The molecule has 2 aromatic heterocycles. The number of amides is 1. The van der Waals surface area contributed by atoms with Gasteiger partial charge in [-0.15, -0.1) is 11.3 Å².